The van der Waals surface area contributed by atoms with Crippen molar-refractivity contribution in [1.82, 2.24) is 0 Å². The number of carbonyl (C=O) groups excluding carboxylic acids is 1. The van der Waals surface area contributed by atoms with E-state index in [2.05, 4.69) is 27.7 Å². The Hall–Kier alpha value is -1.29. The van der Waals surface area contributed by atoms with Crippen molar-refractivity contribution in [2.45, 2.75) is 226 Å². The third kappa shape index (κ3) is 9.57. The molecule has 76 heavy (non-hydrogen) atoms. The molecule has 33 atom stereocenters. The maximum atomic E-state index is 14.7. The van der Waals surface area contributed by atoms with Crippen molar-refractivity contribution in [2.75, 3.05) is 33.0 Å². The van der Waals surface area contributed by atoms with Crippen molar-refractivity contribution in [3.8, 4) is 0 Å². The average molecular weight is 1100 g/mol. The van der Waals surface area contributed by atoms with Crippen LogP contribution in [0.5, 0.6) is 0 Å². The summed E-state index contributed by atoms with van der Waals surface area (Å²) in [5.41, 5.74) is -1.05. The summed E-state index contributed by atoms with van der Waals surface area (Å²) < 4.78 is 61.0. The van der Waals surface area contributed by atoms with Crippen molar-refractivity contribution in [1.29, 1.82) is 0 Å². The molecule has 10 fully saturated rings. The predicted octanol–water partition coefficient (Wildman–Crippen LogP) is -4.76. The minimum atomic E-state index is -2.07. The van der Waals surface area contributed by atoms with E-state index in [-0.39, 0.29) is 47.4 Å². The highest BCUT2D eigenvalue weighted by molar-refractivity contribution is 5.87. The van der Waals surface area contributed by atoms with Gasteiger partial charge in [-0.05, 0) is 73.5 Å². The van der Waals surface area contributed by atoms with Gasteiger partial charge in [0.1, 0.15) is 103 Å². The molecule has 6 saturated heterocycles. The van der Waals surface area contributed by atoms with Gasteiger partial charge in [-0.15, -0.1) is 0 Å². The number of aliphatic hydroxyl groups is 14. The van der Waals surface area contributed by atoms with Crippen LogP contribution in [0.15, 0.2) is 0 Å². The SMILES string of the molecule is C[C@@H]1CC[C@@]2(OC1)O[C@H]1C[C@H]3[C@@H]4C[C@H](O)[C@H]5C[C@@H](O[C@@H]6O[C@H](CO)[C@@H](O[C@@H]7O[C@H](CO)[C@@H](O)[C@H](O[C@@H]8O[C@H](CO)[C@@H](O)[C@H](O)[C@H]8O)[C@H]7O[C@@H]7O[C@H](CO)[C@@H](O)[C@H](O)[C@H]7O)[C@H](O)[C@H]6O)CC[C@]5(C)[C@H]4CC(=O)[C@]3(C)[C@H]1[C@@H]2C. The molecule has 0 unspecified atom stereocenters. The van der Waals surface area contributed by atoms with Gasteiger partial charge in [0.2, 0.25) is 0 Å². The molecule has 6 aliphatic heterocycles. The van der Waals surface area contributed by atoms with Crippen molar-refractivity contribution in [3.05, 3.63) is 0 Å². The van der Waals surface area contributed by atoms with Crippen LogP contribution in [-0.4, -0.2) is 257 Å². The first-order chi connectivity index (χ1) is 36.0. The predicted molar refractivity (Wildman–Crippen MR) is 250 cm³/mol. The van der Waals surface area contributed by atoms with Gasteiger partial charge in [-0.3, -0.25) is 4.79 Å². The van der Waals surface area contributed by atoms with E-state index in [9.17, 15) is 76.3 Å². The van der Waals surface area contributed by atoms with Crippen LogP contribution >= 0.6 is 0 Å². The van der Waals surface area contributed by atoms with E-state index < -0.39 is 178 Å². The summed E-state index contributed by atoms with van der Waals surface area (Å²) in [6.07, 6.45) is -33.5. The summed E-state index contributed by atoms with van der Waals surface area (Å²) in [5.74, 6) is -0.116. The van der Waals surface area contributed by atoms with Crippen LogP contribution in [0.2, 0.25) is 0 Å². The Morgan fingerprint density at radius 1 is 0.539 bits per heavy atom. The Balaban J connectivity index is 0.837. The number of ether oxygens (including phenoxy) is 10. The molecule has 14 N–H and O–H groups in total. The maximum Gasteiger partial charge on any atom is 0.187 e. The molecule has 25 nitrogen and oxygen atoms in total. The Morgan fingerprint density at radius 2 is 1.08 bits per heavy atom. The average Bonchev–Trinajstić information content (AvgIpc) is 4.06. The lowest BCUT2D eigenvalue weighted by molar-refractivity contribution is -0.406. The number of hydrogen-bond acceptors (Lipinski definition) is 25. The lowest BCUT2D eigenvalue weighted by Gasteiger charge is -2.62. The highest BCUT2D eigenvalue weighted by Gasteiger charge is 2.73. The molecule has 6 heterocycles. The van der Waals surface area contributed by atoms with E-state index in [1.807, 2.05) is 0 Å². The monoisotopic (exact) mass is 1090 g/mol. The van der Waals surface area contributed by atoms with Crippen LogP contribution in [0.1, 0.15) is 79.1 Å². The van der Waals surface area contributed by atoms with Crippen molar-refractivity contribution in [2.24, 2.45) is 52.3 Å². The van der Waals surface area contributed by atoms with Crippen molar-refractivity contribution >= 4 is 5.78 Å². The summed E-state index contributed by atoms with van der Waals surface area (Å²) in [6, 6.07) is 0. The smallest absolute Gasteiger partial charge is 0.187 e. The van der Waals surface area contributed by atoms with E-state index in [4.69, 9.17) is 47.4 Å². The van der Waals surface area contributed by atoms with Gasteiger partial charge in [-0.1, -0.05) is 27.7 Å². The standard InChI is InChI=1S/C51H82O25/c1-18-5-8-51(67-17-18)19(2)32-26(76-51)11-23-21-10-25(56)24-9-20(6-7-49(24,3)22(21)12-31(57)50(23,32)4)68-45-41(66)38(63)42(30(16-55)72-45)73-48-44(75-47-40(65)37(62)34(59)28(14-53)70-47)43(35(60)29(15-54)71-48)74-46-39(64)36(61)33(58)27(13-52)69-46/h18-30,32-48,52-56,58-66H,5-17H2,1-4H3/t18-,19+,20+,21-,22+,23+,24-,25+,26+,27-,28-,29-,30-,32+,33-,34-,35-,36+,37+,38-,39-,40-,41-,42-,43+,44-,45-,46+,47+,48+,49-,50-,51-/m1/s1. The van der Waals surface area contributed by atoms with Gasteiger partial charge >= 0.3 is 0 Å². The molecule has 436 valence electrons. The molecule has 0 amide bonds. The number of Topliss-reactive ketones (excluding diaryl/α,β-unsaturated/α-hetero) is 1. The fourth-order valence-electron chi connectivity index (χ4n) is 15.9. The van der Waals surface area contributed by atoms with E-state index in [0.717, 1.165) is 19.3 Å². The van der Waals surface area contributed by atoms with Crippen LogP contribution in [0, 0.1) is 52.3 Å². The van der Waals surface area contributed by atoms with Crippen LogP contribution in [0.3, 0.4) is 0 Å². The fraction of sp³-hybridized carbons (Fsp3) is 0.980. The lowest BCUT2D eigenvalue weighted by atomic mass is 9.43. The molecule has 25 heteroatoms. The maximum absolute atomic E-state index is 14.7. The Kier molecular flexibility index (Phi) is 16.9. The zero-order valence-electron chi connectivity index (χ0n) is 43.3. The second-order valence-electron chi connectivity index (χ2n) is 24.3. The molecule has 10 aliphatic rings. The molecule has 4 saturated carbocycles. The number of ketones is 1. The lowest BCUT2D eigenvalue weighted by Crippen LogP contribution is -2.68. The first-order valence-electron chi connectivity index (χ1n) is 27.4. The van der Waals surface area contributed by atoms with Gasteiger partial charge in [-0.2, -0.15) is 0 Å². The molecule has 0 aromatic rings. The van der Waals surface area contributed by atoms with Gasteiger partial charge in [-0.25, -0.2) is 0 Å². The second kappa shape index (κ2) is 22.1. The Labute approximate surface area is 439 Å². The first kappa shape index (κ1) is 57.9. The molecule has 0 aromatic carbocycles. The quantitative estimate of drug-likeness (QED) is 0.0816. The van der Waals surface area contributed by atoms with Crippen molar-refractivity contribution in [3.63, 3.8) is 0 Å². The zero-order valence-corrected chi connectivity index (χ0v) is 43.3. The summed E-state index contributed by atoms with van der Waals surface area (Å²) in [4.78, 5) is 14.7. The molecular weight excluding hydrogens is 1010 g/mol. The highest BCUT2D eigenvalue weighted by Crippen LogP contribution is 2.70. The van der Waals surface area contributed by atoms with Crippen LogP contribution in [0.25, 0.3) is 0 Å². The molecule has 0 radical (unpaired) electrons. The topological polar surface area (TPSA) is 393 Å². The largest absolute Gasteiger partial charge is 0.394 e. The molecule has 4 aliphatic carbocycles. The fourth-order valence-corrected chi connectivity index (χ4v) is 15.9. The molecule has 10 rings (SSSR count). The summed E-state index contributed by atoms with van der Waals surface area (Å²) >= 11 is 0. The van der Waals surface area contributed by atoms with Gasteiger partial charge in [0, 0.05) is 30.1 Å². The van der Waals surface area contributed by atoms with E-state index in [0.29, 0.717) is 44.6 Å². The van der Waals surface area contributed by atoms with Gasteiger partial charge in [0.25, 0.3) is 0 Å². The number of aliphatic hydroxyl groups excluding tert-OH is 14. The van der Waals surface area contributed by atoms with Crippen LogP contribution in [-0.2, 0) is 52.2 Å². The summed E-state index contributed by atoms with van der Waals surface area (Å²) in [6.45, 7) is 5.70. The minimum Gasteiger partial charge on any atom is -0.394 e. The van der Waals surface area contributed by atoms with Crippen LogP contribution < -0.4 is 0 Å². The second-order valence-corrected chi connectivity index (χ2v) is 24.3. The van der Waals surface area contributed by atoms with Gasteiger partial charge < -0.3 is 119 Å². The van der Waals surface area contributed by atoms with E-state index >= 15 is 0 Å². The number of fused-ring (bicyclic) bond motifs is 7. The van der Waals surface area contributed by atoms with Gasteiger partial charge in [0.15, 0.2) is 30.9 Å². The third-order valence-electron chi connectivity index (χ3n) is 20.3. The summed E-state index contributed by atoms with van der Waals surface area (Å²) in [5, 5.41) is 152. The number of hydrogen-bond donors (Lipinski definition) is 14. The summed E-state index contributed by atoms with van der Waals surface area (Å²) in [7, 11) is 0. The highest BCUT2D eigenvalue weighted by atomic mass is 16.8. The zero-order chi connectivity index (χ0) is 54.7. The molecule has 1 spiro atoms. The Bertz CT molecular complexity index is 1990. The van der Waals surface area contributed by atoms with E-state index in [1.54, 1.807) is 0 Å². The van der Waals surface area contributed by atoms with Gasteiger partial charge in [0.05, 0.1) is 51.3 Å². The molecule has 0 bridgehead atoms. The molecule has 0 aromatic heterocycles. The molecular formula is C51H82O25. The Morgan fingerprint density at radius 3 is 1.67 bits per heavy atom. The minimum absolute atomic E-state index is 0.00147. The third-order valence-corrected chi connectivity index (χ3v) is 20.3. The van der Waals surface area contributed by atoms with Crippen molar-refractivity contribution < 1.29 is 124 Å². The number of carbonyl (C=O) groups is 1. The van der Waals surface area contributed by atoms with E-state index in [1.165, 1.54) is 0 Å². The van der Waals surface area contributed by atoms with Crippen LogP contribution in [0.4, 0.5) is 0 Å². The number of rotatable bonds is 12. The first-order valence-corrected chi connectivity index (χ1v) is 27.4. The normalized spacial score (nSPS) is 57.4.